The topological polar surface area (TPSA) is 73.3 Å². The molecule has 0 unspecified atom stereocenters. The van der Waals surface area contributed by atoms with E-state index in [0.29, 0.717) is 18.1 Å². The maximum atomic E-state index is 12.3. The van der Waals surface area contributed by atoms with Gasteiger partial charge in [-0.1, -0.05) is 6.07 Å². The average molecular weight is 287 g/mol. The first-order valence-electron chi connectivity index (χ1n) is 6.45. The van der Waals surface area contributed by atoms with Crippen LogP contribution < -0.4 is 10.1 Å². The molecule has 6 nitrogen and oxygen atoms in total. The number of nitrogens with zero attached hydrogens (tertiary/aromatic N) is 2. The van der Waals surface area contributed by atoms with Crippen molar-refractivity contribution in [2.75, 3.05) is 20.8 Å². The fraction of sp³-hybridized carbons (Fsp3) is 0.267. The number of hydrogen-bond donors (Lipinski definition) is 1. The summed E-state index contributed by atoms with van der Waals surface area (Å²) in [5.74, 6) is 0.159. The van der Waals surface area contributed by atoms with E-state index >= 15 is 0 Å². The highest BCUT2D eigenvalue weighted by atomic mass is 16.5. The summed E-state index contributed by atoms with van der Waals surface area (Å²) in [5.41, 5.74) is 1.22. The SMILES string of the molecule is COC[C@@H](NC(=O)c1ccnc(OC)c1)c1ccccn1. The third-order valence-corrected chi connectivity index (χ3v) is 2.89. The minimum atomic E-state index is -0.317. The summed E-state index contributed by atoms with van der Waals surface area (Å²) in [6.07, 6.45) is 3.21. The molecule has 6 heteroatoms. The van der Waals surface area contributed by atoms with Crippen molar-refractivity contribution in [1.82, 2.24) is 15.3 Å². The van der Waals surface area contributed by atoms with Gasteiger partial charge in [-0.15, -0.1) is 0 Å². The van der Waals surface area contributed by atoms with Crippen LogP contribution in [0.25, 0.3) is 0 Å². The van der Waals surface area contributed by atoms with Gasteiger partial charge in [0.25, 0.3) is 5.91 Å². The highest BCUT2D eigenvalue weighted by Gasteiger charge is 2.17. The van der Waals surface area contributed by atoms with Crippen LogP contribution in [0, 0.1) is 0 Å². The van der Waals surface area contributed by atoms with Gasteiger partial charge in [0.1, 0.15) is 0 Å². The van der Waals surface area contributed by atoms with Gasteiger partial charge < -0.3 is 14.8 Å². The molecule has 0 aliphatic heterocycles. The molecule has 2 aromatic heterocycles. The van der Waals surface area contributed by atoms with Gasteiger partial charge in [-0.25, -0.2) is 4.98 Å². The van der Waals surface area contributed by atoms with Crippen molar-refractivity contribution in [3.63, 3.8) is 0 Å². The molecule has 2 heterocycles. The number of carbonyl (C=O) groups excluding carboxylic acids is 1. The van der Waals surface area contributed by atoms with Crippen LogP contribution in [0.1, 0.15) is 22.1 Å². The van der Waals surface area contributed by atoms with Crippen LogP contribution in [0.3, 0.4) is 0 Å². The third kappa shape index (κ3) is 4.00. The number of nitrogens with one attached hydrogen (secondary N) is 1. The van der Waals surface area contributed by atoms with E-state index in [2.05, 4.69) is 15.3 Å². The molecule has 0 aliphatic rings. The molecule has 2 rings (SSSR count). The number of rotatable bonds is 6. The summed E-state index contributed by atoms with van der Waals surface area (Å²) in [4.78, 5) is 20.5. The second kappa shape index (κ2) is 7.35. The Morgan fingerprint density at radius 1 is 1.24 bits per heavy atom. The number of methoxy groups -OCH3 is 2. The van der Waals surface area contributed by atoms with Gasteiger partial charge in [0, 0.05) is 31.1 Å². The Morgan fingerprint density at radius 2 is 2.10 bits per heavy atom. The lowest BCUT2D eigenvalue weighted by molar-refractivity contribution is 0.0894. The molecule has 0 fully saturated rings. The van der Waals surface area contributed by atoms with E-state index in [1.807, 2.05) is 18.2 Å². The van der Waals surface area contributed by atoms with Gasteiger partial charge in [-0.2, -0.15) is 0 Å². The summed E-state index contributed by atoms with van der Waals surface area (Å²) in [6, 6.07) is 8.42. The summed E-state index contributed by atoms with van der Waals surface area (Å²) >= 11 is 0. The van der Waals surface area contributed by atoms with Crippen molar-refractivity contribution in [1.29, 1.82) is 0 Å². The van der Waals surface area contributed by atoms with Crippen molar-refractivity contribution in [2.24, 2.45) is 0 Å². The Hall–Kier alpha value is -2.47. The van der Waals surface area contributed by atoms with Gasteiger partial charge in [0.15, 0.2) is 0 Å². The Kier molecular flexibility index (Phi) is 5.22. The quantitative estimate of drug-likeness (QED) is 0.873. The van der Waals surface area contributed by atoms with E-state index in [0.717, 1.165) is 5.69 Å². The van der Waals surface area contributed by atoms with Gasteiger partial charge in [-0.05, 0) is 18.2 Å². The van der Waals surface area contributed by atoms with Crippen LogP contribution in [-0.4, -0.2) is 36.7 Å². The highest BCUT2D eigenvalue weighted by Crippen LogP contribution is 2.13. The Labute approximate surface area is 123 Å². The van der Waals surface area contributed by atoms with Crippen LogP contribution >= 0.6 is 0 Å². The average Bonchev–Trinajstić information content (AvgIpc) is 2.55. The lowest BCUT2D eigenvalue weighted by atomic mass is 10.1. The van der Waals surface area contributed by atoms with E-state index < -0.39 is 0 Å². The van der Waals surface area contributed by atoms with Crippen molar-refractivity contribution < 1.29 is 14.3 Å². The monoisotopic (exact) mass is 287 g/mol. The van der Waals surface area contributed by atoms with Crippen LogP contribution in [0.5, 0.6) is 5.88 Å². The molecule has 0 radical (unpaired) electrons. The molecule has 0 saturated carbocycles. The molecular weight excluding hydrogens is 270 g/mol. The minimum absolute atomic E-state index is 0.233. The van der Waals surface area contributed by atoms with Crippen molar-refractivity contribution in [3.05, 3.63) is 54.0 Å². The molecule has 0 aliphatic carbocycles. The number of hydrogen-bond acceptors (Lipinski definition) is 5. The number of aromatic nitrogens is 2. The van der Waals surface area contributed by atoms with Gasteiger partial charge >= 0.3 is 0 Å². The minimum Gasteiger partial charge on any atom is -0.481 e. The lowest BCUT2D eigenvalue weighted by Crippen LogP contribution is -2.31. The van der Waals surface area contributed by atoms with Crippen molar-refractivity contribution in [2.45, 2.75) is 6.04 Å². The molecule has 1 N–H and O–H groups in total. The maximum Gasteiger partial charge on any atom is 0.252 e. The molecule has 21 heavy (non-hydrogen) atoms. The predicted octanol–water partition coefficient (Wildman–Crippen LogP) is 1.60. The highest BCUT2D eigenvalue weighted by molar-refractivity contribution is 5.94. The third-order valence-electron chi connectivity index (χ3n) is 2.89. The van der Waals surface area contributed by atoms with E-state index in [1.54, 1.807) is 25.4 Å². The Balaban J connectivity index is 2.14. The number of ether oxygens (including phenoxy) is 2. The number of carbonyl (C=O) groups is 1. The molecule has 0 saturated heterocycles. The largest absolute Gasteiger partial charge is 0.481 e. The van der Waals surface area contributed by atoms with Crippen molar-refractivity contribution in [3.8, 4) is 5.88 Å². The summed E-state index contributed by atoms with van der Waals surface area (Å²) in [7, 11) is 3.09. The zero-order valence-corrected chi connectivity index (χ0v) is 11.9. The normalized spacial score (nSPS) is 11.7. The summed E-state index contributed by atoms with van der Waals surface area (Å²) < 4.78 is 10.2. The van der Waals surface area contributed by atoms with Crippen LogP contribution in [-0.2, 0) is 4.74 Å². The first-order valence-corrected chi connectivity index (χ1v) is 6.45. The first kappa shape index (κ1) is 14.9. The van der Waals surface area contributed by atoms with E-state index in [-0.39, 0.29) is 11.9 Å². The number of amides is 1. The van der Waals surface area contributed by atoms with E-state index in [4.69, 9.17) is 9.47 Å². The summed E-state index contributed by atoms with van der Waals surface area (Å²) in [6.45, 7) is 0.338. The second-order valence-electron chi connectivity index (χ2n) is 4.32. The molecule has 110 valence electrons. The van der Waals surface area contributed by atoms with Gasteiger partial charge in [0.05, 0.1) is 25.5 Å². The zero-order valence-electron chi connectivity index (χ0n) is 11.9. The van der Waals surface area contributed by atoms with Gasteiger partial charge in [-0.3, -0.25) is 9.78 Å². The molecule has 2 aromatic rings. The van der Waals surface area contributed by atoms with E-state index in [1.165, 1.54) is 13.3 Å². The van der Waals surface area contributed by atoms with Gasteiger partial charge in [0.2, 0.25) is 5.88 Å². The predicted molar refractivity (Wildman–Crippen MR) is 77.1 cm³/mol. The zero-order chi connectivity index (χ0) is 15.1. The molecule has 1 atom stereocenters. The number of pyridine rings is 2. The molecule has 0 spiro atoms. The Bertz CT molecular complexity index is 590. The molecule has 0 bridgehead atoms. The van der Waals surface area contributed by atoms with Crippen LogP contribution in [0.2, 0.25) is 0 Å². The standard InChI is InChI=1S/C15H17N3O3/c1-20-10-13(12-5-3-4-7-16-12)18-15(19)11-6-8-17-14(9-11)21-2/h3-9,13H,10H2,1-2H3,(H,18,19)/t13-/m1/s1. The van der Waals surface area contributed by atoms with Crippen LogP contribution in [0.4, 0.5) is 0 Å². The second-order valence-corrected chi connectivity index (χ2v) is 4.32. The molecular formula is C15H17N3O3. The fourth-order valence-electron chi connectivity index (χ4n) is 1.85. The van der Waals surface area contributed by atoms with E-state index in [9.17, 15) is 4.79 Å². The Morgan fingerprint density at radius 3 is 2.76 bits per heavy atom. The molecule has 1 amide bonds. The summed E-state index contributed by atoms with van der Waals surface area (Å²) in [5, 5.41) is 2.89. The first-order chi connectivity index (χ1) is 10.2. The maximum absolute atomic E-state index is 12.3. The fourth-order valence-corrected chi connectivity index (χ4v) is 1.85. The lowest BCUT2D eigenvalue weighted by Gasteiger charge is -2.17. The van der Waals surface area contributed by atoms with Crippen LogP contribution in [0.15, 0.2) is 42.7 Å². The smallest absolute Gasteiger partial charge is 0.252 e. The van der Waals surface area contributed by atoms with Crippen molar-refractivity contribution >= 4 is 5.91 Å². The molecule has 0 aromatic carbocycles.